The highest BCUT2D eigenvalue weighted by Gasteiger charge is 2.18. The second-order valence-electron chi connectivity index (χ2n) is 4.28. The van der Waals surface area contributed by atoms with Crippen molar-refractivity contribution >= 4 is 11.8 Å². The lowest BCUT2D eigenvalue weighted by molar-refractivity contribution is 0.714. The number of rotatable bonds is 3. The Morgan fingerprint density at radius 1 is 1.12 bits per heavy atom. The van der Waals surface area contributed by atoms with Crippen LogP contribution in [0.15, 0.2) is 5.16 Å². The van der Waals surface area contributed by atoms with E-state index in [4.69, 9.17) is 5.26 Å². The first-order valence-electron chi connectivity index (χ1n) is 5.37. The van der Waals surface area contributed by atoms with E-state index in [9.17, 15) is 0 Å². The van der Waals surface area contributed by atoms with E-state index in [2.05, 4.69) is 43.7 Å². The second-order valence-corrected chi connectivity index (χ2v) is 5.05. The van der Waals surface area contributed by atoms with Crippen molar-refractivity contribution < 1.29 is 0 Å². The van der Waals surface area contributed by atoms with Gasteiger partial charge in [-0.05, 0) is 18.1 Å². The first-order chi connectivity index (χ1) is 7.51. The average Bonchev–Trinajstić information content (AvgIpc) is 2.26. The topological polar surface area (TPSA) is 49.6 Å². The Balaban J connectivity index is 3.49. The summed E-state index contributed by atoms with van der Waals surface area (Å²) in [5, 5.41) is 9.83. The van der Waals surface area contributed by atoms with Gasteiger partial charge in [0.1, 0.15) is 11.8 Å². The molecule has 16 heavy (non-hydrogen) atoms. The molecule has 0 unspecified atom stereocenters. The van der Waals surface area contributed by atoms with Crippen molar-refractivity contribution in [2.45, 2.75) is 44.7 Å². The molecule has 0 aliphatic rings. The predicted octanol–water partition coefficient (Wildman–Crippen LogP) is 3.32. The second kappa shape index (κ2) is 5.31. The Morgan fingerprint density at radius 3 is 2.12 bits per heavy atom. The molecule has 0 aromatic carbocycles. The molecule has 0 N–H and O–H groups in total. The van der Waals surface area contributed by atoms with E-state index in [0.717, 1.165) is 11.3 Å². The Morgan fingerprint density at radius 2 is 1.75 bits per heavy atom. The highest BCUT2D eigenvalue weighted by atomic mass is 32.2. The van der Waals surface area contributed by atoms with Crippen LogP contribution >= 0.6 is 11.8 Å². The Labute approximate surface area is 101 Å². The van der Waals surface area contributed by atoms with Gasteiger partial charge < -0.3 is 0 Å². The van der Waals surface area contributed by atoms with Crippen LogP contribution in [0.25, 0.3) is 0 Å². The van der Waals surface area contributed by atoms with Gasteiger partial charge >= 0.3 is 0 Å². The van der Waals surface area contributed by atoms with E-state index >= 15 is 0 Å². The number of nitriles is 1. The van der Waals surface area contributed by atoms with Crippen molar-refractivity contribution in [1.29, 1.82) is 5.26 Å². The van der Waals surface area contributed by atoms with Crippen LogP contribution in [0.2, 0.25) is 0 Å². The van der Waals surface area contributed by atoms with Gasteiger partial charge in [0.25, 0.3) is 0 Å². The van der Waals surface area contributed by atoms with Crippen molar-refractivity contribution in [1.82, 2.24) is 9.97 Å². The number of nitrogens with zero attached hydrogens (tertiary/aromatic N) is 3. The normalized spacial score (nSPS) is 10.9. The smallest absolute Gasteiger partial charge is 0.188 e. The third kappa shape index (κ3) is 2.53. The van der Waals surface area contributed by atoms with E-state index in [-0.39, 0.29) is 5.92 Å². The van der Waals surface area contributed by atoms with Gasteiger partial charge in [0, 0.05) is 5.56 Å². The van der Waals surface area contributed by atoms with Crippen LogP contribution in [-0.2, 0) is 0 Å². The fourth-order valence-electron chi connectivity index (χ4n) is 1.65. The van der Waals surface area contributed by atoms with E-state index in [1.165, 1.54) is 11.8 Å². The lowest BCUT2D eigenvalue weighted by Gasteiger charge is -2.16. The van der Waals surface area contributed by atoms with Crippen molar-refractivity contribution in [3.8, 4) is 6.07 Å². The third-order valence-corrected chi connectivity index (χ3v) is 2.92. The maximum absolute atomic E-state index is 9.14. The van der Waals surface area contributed by atoms with Crippen molar-refractivity contribution in [3.63, 3.8) is 0 Å². The zero-order valence-electron chi connectivity index (χ0n) is 10.4. The van der Waals surface area contributed by atoms with Gasteiger partial charge in [-0.1, -0.05) is 39.5 Å². The third-order valence-electron chi connectivity index (χ3n) is 2.37. The van der Waals surface area contributed by atoms with Gasteiger partial charge in [-0.15, -0.1) is 0 Å². The molecule has 1 aromatic heterocycles. The van der Waals surface area contributed by atoms with Crippen molar-refractivity contribution in [2.24, 2.45) is 0 Å². The molecule has 1 rings (SSSR count). The molecular weight excluding hydrogens is 218 g/mol. The lowest BCUT2D eigenvalue weighted by atomic mass is 9.94. The average molecular weight is 235 g/mol. The van der Waals surface area contributed by atoms with Gasteiger partial charge in [0.2, 0.25) is 0 Å². The molecule has 86 valence electrons. The van der Waals surface area contributed by atoms with Crippen molar-refractivity contribution in [3.05, 3.63) is 17.0 Å². The minimum atomic E-state index is 0.281. The summed E-state index contributed by atoms with van der Waals surface area (Å²) < 4.78 is 0. The molecule has 0 radical (unpaired) electrons. The van der Waals surface area contributed by atoms with E-state index in [0.29, 0.717) is 16.8 Å². The van der Waals surface area contributed by atoms with Crippen LogP contribution in [0.4, 0.5) is 0 Å². The Hall–Kier alpha value is -1.08. The number of thioether (sulfide) groups is 1. The molecule has 0 saturated heterocycles. The highest BCUT2D eigenvalue weighted by molar-refractivity contribution is 7.98. The number of aromatic nitrogens is 2. The van der Waals surface area contributed by atoms with E-state index in [1.807, 2.05) is 6.26 Å². The zero-order valence-corrected chi connectivity index (χ0v) is 11.2. The summed E-state index contributed by atoms with van der Waals surface area (Å²) in [6.45, 7) is 8.34. The van der Waals surface area contributed by atoms with Crippen LogP contribution < -0.4 is 0 Å². The summed E-state index contributed by atoms with van der Waals surface area (Å²) in [5.41, 5.74) is 2.53. The first kappa shape index (κ1) is 13.0. The SMILES string of the molecule is CSc1nc(C#N)c(C(C)C)c(C(C)C)n1. The number of hydrogen-bond acceptors (Lipinski definition) is 4. The molecule has 0 aliphatic carbocycles. The minimum absolute atomic E-state index is 0.281. The van der Waals surface area contributed by atoms with Crippen LogP contribution in [-0.4, -0.2) is 16.2 Å². The van der Waals surface area contributed by atoms with Crippen LogP contribution in [0.3, 0.4) is 0 Å². The standard InChI is InChI=1S/C12H17N3S/c1-7(2)10-9(6-13)14-12(16-5)15-11(10)8(3)4/h7-8H,1-5H3. The van der Waals surface area contributed by atoms with Crippen LogP contribution in [0.5, 0.6) is 0 Å². The van der Waals surface area contributed by atoms with Crippen LogP contribution in [0.1, 0.15) is 56.5 Å². The lowest BCUT2D eigenvalue weighted by Crippen LogP contribution is -2.08. The quantitative estimate of drug-likeness (QED) is 0.595. The molecule has 0 atom stereocenters. The van der Waals surface area contributed by atoms with E-state index < -0.39 is 0 Å². The summed E-state index contributed by atoms with van der Waals surface area (Å²) >= 11 is 1.48. The summed E-state index contributed by atoms with van der Waals surface area (Å²) in [6.07, 6.45) is 1.93. The minimum Gasteiger partial charge on any atom is -0.227 e. The van der Waals surface area contributed by atoms with Crippen LogP contribution in [0, 0.1) is 11.3 Å². The monoisotopic (exact) mass is 235 g/mol. The van der Waals surface area contributed by atoms with Crippen molar-refractivity contribution in [2.75, 3.05) is 6.26 Å². The summed E-state index contributed by atoms with van der Waals surface area (Å²) in [4.78, 5) is 8.79. The Bertz CT molecular complexity index is 419. The maximum atomic E-state index is 9.14. The molecule has 0 aliphatic heterocycles. The molecule has 0 bridgehead atoms. The van der Waals surface area contributed by atoms with Gasteiger partial charge in [0.15, 0.2) is 5.16 Å². The van der Waals surface area contributed by atoms with Gasteiger partial charge in [0.05, 0.1) is 5.69 Å². The first-order valence-corrected chi connectivity index (χ1v) is 6.59. The molecule has 0 fully saturated rings. The molecule has 1 aromatic rings. The molecule has 1 heterocycles. The molecule has 4 heteroatoms. The fraction of sp³-hybridized carbons (Fsp3) is 0.583. The van der Waals surface area contributed by atoms with Gasteiger partial charge in [-0.3, -0.25) is 0 Å². The van der Waals surface area contributed by atoms with Gasteiger partial charge in [-0.25, -0.2) is 9.97 Å². The molecule has 3 nitrogen and oxygen atoms in total. The molecule has 0 amide bonds. The number of hydrogen-bond donors (Lipinski definition) is 0. The van der Waals surface area contributed by atoms with Gasteiger partial charge in [-0.2, -0.15) is 5.26 Å². The fourth-order valence-corrected chi connectivity index (χ4v) is 2.02. The molecular formula is C12H17N3S. The molecule has 0 saturated carbocycles. The maximum Gasteiger partial charge on any atom is 0.188 e. The zero-order chi connectivity index (χ0) is 12.3. The largest absolute Gasteiger partial charge is 0.227 e. The Kier molecular flexibility index (Phi) is 4.31. The predicted molar refractivity (Wildman–Crippen MR) is 66.7 cm³/mol. The molecule has 0 spiro atoms. The summed E-state index contributed by atoms with van der Waals surface area (Å²) in [6, 6.07) is 2.18. The highest BCUT2D eigenvalue weighted by Crippen LogP contribution is 2.28. The van der Waals surface area contributed by atoms with E-state index in [1.54, 1.807) is 0 Å². The summed E-state index contributed by atoms with van der Waals surface area (Å²) in [5.74, 6) is 0.598. The summed E-state index contributed by atoms with van der Waals surface area (Å²) in [7, 11) is 0.